The van der Waals surface area contributed by atoms with Crippen molar-refractivity contribution in [2.75, 3.05) is 0 Å². The van der Waals surface area contributed by atoms with E-state index in [2.05, 4.69) is 4.98 Å². The fourth-order valence-corrected chi connectivity index (χ4v) is 2.25. The molecule has 0 aliphatic heterocycles. The van der Waals surface area contributed by atoms with Crippen LogP contribution in [0.25, 0.3) is 0 Å². The van der Waals surface area contributed by atoms with Crippen LogP contribution in [0.15, 0.2) is 30.7 Å². The summed E-state index contributed by atoms with van der Waals surface area (Å²) < 4.78 is 15.3. The number of benzene rings is 1. The van der Waals surface area contributed by atoms with Crippen molar-refractivity contribution in [3.63, 3.8) is 0 Å². The smallest absolute Gasteiger partial charge is 0.123 e. The van der Waals surface area contributed by atoms with Gasteiger partial charge in [0.25, 0.3) is 0 Å². The van der Waals surface area contributed by atoms with E-state index >= 15 is 0 Å². The molecule has 1 aromatic carbocycles. The van der Waals surface area contributed by atoms with Crippen molar-refractivity contribution in [3.05, 3.63) is 53.4 Å². The van der Waals surface area contributed by atoms with Gasteiger partial charge in [0.05, 0.1) is 18.2 Å². The summed E-state index contributed by atoms with van der Waals surface area (Å²) in [6.07, 6.45) is 4.83. The second-order valence-electron chi connectivity index (χ2n) is 4.86. The van der Waals surface area contributed by atoms with Crippen molar-refractivity contribution in [1.82, 2.24) is 9.55 Å². The molecule has 94 valence electrons. The van der Waals surface area contributed by atoms with Gasteiger partial charge in [0.2, 0.25) is 0 Å². The van der Waals surface area contributed by atoms with Crippen LogP contribution in [0.1, 0.15) is 41.8 Å². The Balaban J connectivity index is 2.00. The highest BCUT2D eigenvalue weighted by atomic mass is 19.1. The molecular weight excluding hydrogens is 231 g/mol. The normalized spacial score (nSPS) is 16.8. The first kappa shape index (κ1) is 11.4. The van der Waals surface area contributed by atoms with Crippen molar-refractivity contribution in [1.29, 1.82) is 0 Å². The largest absolute Gasteiger partial charge is 0.382 e. The van der Waals surface area contributed by atoms with E-state index in [-0.39, 0.29) is 5.82 Å². The molecule has 18 heavy (non-hydrogen) atoms. The number of hydrogen-bond donors (Lipinski definition) is 1. The Morgan fingerprint density at radius 1 is 1.44 bits per heavy atom. The van der Waals surface area contributed by atoms with E-state index in [4.69, 9.17) is 0 Å². The maximum atomic E-state index is 13.3. The van der Waals surface area contributed by atoms with Gasteiger partial charge >= 0.3 is 0 Å². The molecule has 0 saturated heterocycles. The zero-order valence-corrected chi connectivity index (χ0v) is 10.2. The number of aliphatic hydroxyl groups excluding tert-OH is 1. The highest BCUT2D eigenvalue weighted by molar-refractivity contribution is 5.33. The summed E-state index contributed by atoms with van der Waals surface area (Å²) >= 11 is 0. The SMILES string of the molecule is Cc1ccc(F)cc1C(O)c1cncn1C1CC1. The molecule has 1 atom stereocenters. The molecule has 4 heteroatoms. The van der Waals surface area contributed by atoms with Crippen molar-refractivity contribution < 1.29 is 9.50 Å². The highest BCUT2D eigenvalue weighted by Crippen LogP contribution is 2.38. The Labute approximate surface area is 105 Å². The molecule has 1 heterocycles. The summed E-state index contributed by atoms with van der Waals surface area (Å²) in [4.78, 5) is 4.09. The van der Waals surface area contributed by atoms with Crippen LogP contribution in [0, 0.1) is 12.7 Å². The van der Waals surface area contributed by atoms with Gasteiger partial charge in [-0.2, -0.15) is 0 Å². The predicted octanol–water partition coefficient (Wildman–Crippen LogP) is 2.75. The lowest BCUT2D eigenvalue weighted by molar-refractivity contribution is 0.208. The second kappa shape index (κ2) is 4.21. The number of hydrogen-bond acceptors (Lipinski definition) is 2. The molecule has 1 saturated carbocycles. The van der Waals surface area contributed by atoms with Gasteiger partial charge in [-0.15, -0.1) is 0 Å². The topological polar surface area (TPSA) is 38.1 Å². The summed E-state index contributed by atoms with van der Waals surface area (Å²) in [5.41, 5.74) is 2.23. The minimum absolute atomic E-state index is 0.327. The second-order valence-corrected chi connectivity index (χ2v) is 4.86. The van der Waals surface area contributed by atoms with Crippen LogP contribution in [-0.2, 0) is 0 Å². The minimum Gasteiger partial charge on any atom is -0.382 e. The van der Waals surface area contributed by atoms with E-state index < -0.39 is 6.10 Å². The van der Waals surface area contributed by atoms with Gasteiger partial charge in [0.15, 0.2) is 0 Å². The molecule has 1 aliphatic rings. The van der Waals surface area contributed by atoms with Crippen molar-refractivity contribution >= 4 is 0 Å². The standard InChI is InChI=1S/C14H15FN2O/c1-9-2-3-10(15)6-12(9)14(18)13-7-16-8-17(13)11-4-5-11/h2-3,6-8,11,14,18H,4-5H2,1H3. The van der Waals surface area contributed by atoms with Crippen LogP contribution >= 0.6 is 0 Å². The molecule has 0 spiro atoms. The first-order valence-electron chi connectivity index (χ1n) is 6.12. The fraction of sp³-hybridized carbons (Fsp3) is 0.357. The molecule has 0 amide bonds. The van der Waals surface area contributed by atoms with Crippen LogP contribution in [-0.4, -0.2) is 14.7 Å². The van der Waals surface area contributed by atoms with Crippen molar-refractivity contribution in [2.45, 2.75) is 31.9 Å². The van der Waals surface area contributed by atoms with Gasteiger partial charge < -0.3 is 9.67 Å². The third-order valence-corrected chi connectivity index (χ3v) is 3.45. The number of aliphatic hydroxyl groups is 1. The molecule has 2 aromatic rings. The van der Waals surface area contributed by atoms with Gasteiger partial charge in [0, 0.05) is 6.04 Å². The maximum Gasteiger partial charge on any atom is 0.123 e. The first-order valence-corrected chi connectivity index (χ1v) is 6.12. The van der Waals surface area contributed by atoms with E-state index in [0.29, 0.717) is 11.6 Å². The first-order chi connectivity index (χ1) is 8.66. The van der Waals surface area contributed by atoms with Gasteiger partial charge in [-0.25, -0.2) is 9.37 Å². The van der Waals surface area contributed by atoms with Crippen molar-refractivity contribution in [3.8, 4) is 0 Å². The summed E-state index contributed by atoms with van der Waals surface area (Å²) in [6.45, 7) is 1.87. The third kappa shape index (κ3) is 1.93. The van der Waals surface area contributed by atoms with Crippen LogP contribution < -0.4 is 0 Å². The Morgan fingerprint density at radius 2 is 2.22 bits per heavy atom. The number of nitrogens with zero attached hydrogens (tertiary/aromatic N) is 2. The molecular formula is C14H15FN2O. The summed E-state index contributed by atoms with van der Waals surface area (Å²) in [6, 6.07) is 4.94. The van der Waals surface area contributed by atoms with E-state index in [9.17, 15) is 9.50 Å². The molecule has 0 bridgehead atoms. The molecule has 3 nitrogen and oxygen atoms in total. The quantitative estimate of drug-likeness (QED) is 0.904. The third-order valence-electron chi connectivity index (χ3n) is 3.45. The Hall–Kier alpha value is -1.68. The number of aryl methyl sites for hydroxylation is 1. The molecule has 1 aromatic heterocycles. The van der Waals surface area contributed by atoms with Crippen LogP contribution in [0.5, 0.6) is 0 Å². The maximum absolute atomic E-state index is 13.3. The lowest BCUT2D eigenvalue weighted by Crippen LogP contribution is -2.08. The van der Waals surface area contributed by atoms with Crippen LogP contribution in [0.3, 0.4) is 0 Å². The molecule has 1 aliphatic carbocycles. The Kier molecular flexibility index (Phi) is 2.67. The van der Waals surface area contributed by atoms with Crippen LogP contribution in [0.4, 0.5) is 4.39 Å². The van der Waals surface area contributed by atoms with Gasteiger partial charge in [-0.1, -0.05) is 6.07 Å². The van der Waals surface area contributed by atoms with Gasteiger partial charge in [0.1, 0.15) is 11.9 Å². The monoisotopic (exact) mass is 246 g/mol. The van der Waals surface area contributed by atoms with E-state index in [1.807, 2.05) is 11.5 Å². The zero-order chi connectivity index (χ0) is 12.7. The summed E-state index contributed by atoms with van der Waals surface area (Å²) in [5, 5.41) is 10.4. The van der Waals surface area contributed by atoms with E-state index in [0.717, 1.165) is 24.1 Å². The number of halogens is 1. The average Bonchev–Trinajstić information content (AvgIpc) is 3.09. The summed E-state index contributed by atoms with van der Waals surface area (Å²) in [5.74, 6) is -0.327. The van der Waals surface area contributed by atoms with E-state index in [1.54, 1.807) is 18.6 Å². The molecule has 0 radical (unpaired) electrons. The van der Waals surface area contributed by atoms with Crippen molar-refractivity contribution in [2.24, 2.45) is 0 Å². The van der Waals surface area contributed by atoms with Crippen LogP contribution in [0.2, 0.25) is 0 Å². The Morgan fingerprint density at radius 3 is 2.94 bits per heavy atom. The highest BCUT2D eigenvalue weighted by Gasteiger charge is 2.28. The lowest BCUT2D eigenvalue weighted by atomic mass is 10.0. The summed E-state index contributed by atoms with van der Waals surface area (Å²) in [7, 11) is 0. The molecule has 1 fully saturated rings. The van der Waals surface area contributed by atoms with Gasteiger partial charge in [-0.05, 0) is 43.0 Å². The fourth-order valence-electron chi connectivity index (χ4n) is 2.25. The molecule has 1 N–H and O–H groups in total. The number of aromatic nitrogens is 2. The number of rotatable bonds is 3. The Bertz CT molecular complexity index is 575. The average molecular weight is 246 g/mol. The lowest BCUT2D eigenvalue weighted by Gasteiger charge is -2.16. The van der Waals surface area contributed by atoms with E-state index in [1.165, 1.54) is 12.1 Å². The zero-order valence-electron chi connectivity index (χ0n) is 10.2. The van der Waals surface area contributed by atoms with Gasteiger partial charge in [-0.3, -0.25) is 0 Å². The predicted molar refractivity (Wildman–Crippen MR) is 65.7 cm³/mol. The molecule has 1 unspecified atom stereocenters. The number of imidazole rings is 1. The minimum atomic E-state index is -0.816. The molecule has 3 rings (SSSR count).